The van der Waals surface area contributed by atoms with Crippen LogP contribution in [-0.4, -0.2) is 54.9 Å². The van der Waals surface area contributed by atoms with E-state index in [2.05, 4.69) is 18.0 Å². The van der Waals surface area contributed by atoms with Crippen LogP contribution < -0.4 is 4.90 Å². The van der Waals surface area contributed by atoms with Crippen LogP contribution in [0, 0.1) is 0 Å². The van der Waals surface area contributed by atoms with Crippen LogP contribution in [0.15, 0.2) is 18.2 Å². The molecule has 4 rings (SSSR count). The Morgan fingerprint density at radius 2 is 2.13 bits per heavy atom. The number of carbonyl (C=O) groups excluding carboxylic acids is 1. The van der Waals surface area contributed by atoms with E-state index in [-0.39, 0.29) is 6.09 Å². The lowest BCUT2D eigenvalue weighted by Gasteiger charge is -2.30. The minimum Gasteiger partial charge on any atom is -0.440 e. The van der Waals surface area contributed by atoms with Crippen LogP contribution in [0.1, 0.15) is 37.4 Å². The highest BCUT2D eigenvalue weighted by atomic mass is 16.6. The minimum absolute atomic E-state index is 0.281. The van der Waals surface area contributed by atoms with Gasteiger partial charge in [-0.2, -0.15) is 0 Å². The van der Waals surface area contributed by atoms with Crippen molar-refractivity contribution in [1.82, 2.24) is 9.88 Å². The normalized spacial score (nSPS) is 27.6. The third-order valence-corrected chi connectivity index (χ3v) is 5.27. The van der Waals surface area contributed by atoms with E-state index in [0.717, 1.165) is 31.5 Å². The van der Waals surface area contributed by atoms with Crippen molar-refractivity contribution in [3.63, 3.8) is 0 Å². The van der Waals surface area contributed by atoms with Gasteiger partial charge in [0, 0.05) is 12.8 Å². The van der Waals surface area contributed by atoms with Crippen LogP contribution in [0.3, 0.4) is 0 Å². The second-order valence-electron chi connectivity index (χ2n) is 6.81. The standard InChI is InChI=1S/C17H23N3O3/c1-19-9-3-5-14(19)13-4-2-6-15(18-13)20-12-17(23-16(20)21)7-10-22-11-8-17/h2,4,6,14H,3,5,7-12H2,1H3. The molecular formula is C17H23N3O3. The van der Waals surface area contributed by atoms with Gasteiger partial charge in [-0.1, -0.05) is 6.07 Å². The number of amides is 1. The smallest absolute Gasteiger partial charge is 0.416 e. The molecule has 1 aromatic heterocycles. The zero-order chi connectivity index (χ0) is 15.9. The number of aromatic nitrogens is 1. The highest BCUT2D eigenvalue weighted by molar-refractivity contribution is 5.89. The Labute approximate surface area is 136 Å². The zero-order valence-electron chi connectivity index (χ0n) is 13.5. The topological polar surface area (TPSA) is 54.9 Å². The number of likely N-dealkylation sites (tertiary alicyclic amines) is 1. The molecular weight excluding hydrogens is 294 g/mol. The number of anilines is 1. The molecule has 1 aromatic rings. The number of carbonyl (C=O) groups is 1. The molecule has 0 N–H and O–H groups in total. The lowest BCUT2D eigenvalue weighted by Crippen LogP contribution is -2.40. The van der Waals surface area contributed by atoms with E-state index in [4.69, 9.17) is 14.5 Å². The van der Waals surface area contributed by atoms with E-state index in [9.17, 15) is 4.79 Å². The predicted molar refractivity (Wildman–Crippen MR) is 85.5 cm³/mol. The molecule has 23 heavy (non-hydrogen) atoms. The molecule has 124 valence electrons. The van der Waals surface area contributed by atoms with Crippen molar-refractivity contribution >= 4 is 11.9 Å². The molecule has 1 spiro atoms. The maximum atomic E-state index is 12.4. The molecule has 0 saturated carbocycles. The Hall–Kier alpha value is -1.66. The van der Waals surface area contributed by atoms with Crippen LogP contribution in [0.25, 0.3) is 0 Å². The summed E-state index contributed by atoms with van der Waals surface area (Å²) in [4.78, 5) is 21.1. The summed E-state index contributed by atoms with van der Waals surface area (Å²) in [6, 6.07) is 6.30. The van der Waals surface area contributed by atoms with Crippen molar-refractivity contribution < 1.29 is 14.3 Å². The molecule has 3 fully saturated rings. The van der Waals surface area contributed by atoms with E-state index in [0.29, 0.717) is 31.6 Å². The third-order valence-electron chi connectivity index (χ3n) is 5.27. The number of nitrogens with zero attached hydrogens (tertiary/aromatic N) is 3. The average Bonchev–Trinajstić information content (AvgIpc) is 3.12. The molecule has 6 heteroatoms. The molecule has 0 radical (unpaired) electrons. The van der Waals surface area contributed by atoms with Gasteiger partial charge in [0.2, 0.25) is 0 Å². The minimum atomic E-state index is -0.392. The summed E-state index contributed by atoms with van der Waals surface area (Å²) in [6.07, 6.45) is 3.57. The van der Waals surface area contributed by atoms with Gasteiger partial charge in [0.25, 0.3) is 0 Å². The molecule has 1 amide bonds. The average molecular weight is 317 g/mol. The van der Waals surface area contributed by atoms with E-state index >= 15 is 0 Å². The van der Waals surface area contributed by atoms with Gasteiger partial charge in [-0.15, -0.1) is 0 Å². The largest absolute Gasteiger partial charge is 0.440 e. The van der Waals surface area contributed by atoms with Gasteiger partial charge >= 0.3 is 6.09 Å². The first kappa shape index (κ1) is 14.9. The lowest BCUT2D eigenvalue weighted by molar-refractivity contribution is -0.0431. The maximum absolute atomic E-state index is 12.4. The molecule has 1 unspecified atom stereocenters. The highest BCUT2D eigenvalue weighted by Gasteiger charge is 2.47. The fourth-order valence-corrected chi connectivity index (χ4v) is 3.86. The molecule has 4 heterocycles. The first-order valence-corrected chi connectivity index (χ1v) is 8.42. The fourth-order valence-electron chi connectivity index (χ4n) is 3.86. The fraction of sp³-hybridized carbons (Fsp3) is 0.647. The van der Waals surface area contributed by atoms with Crippen molar-refractivity contribution in [2.24, 2.45) is 0 Å². The summed E-state index contributed by atoms with van der Waals surface area (Å²) in [7, 11) is 2.13. The van der Waals surface area contributed by atoms with E-state index in [1.165, 1.54) is 6.42 Å². The summed E-state index contributed by atoms with van der Waals surface area (Å²) in [5, 5.41) is 0. The lowest BCUT2D eigenvalue weighted by atomic mass is 9.94. The second-order valence-corrected chi connectivity index (χ2v) is 6.81. The van der Waals surface area contributed by atoms with Crippen LogP contribution >= 0.6 is 0 Å². The molecule has 0 aromatic carbocycles. The summed E-state index contributed by atoms with van der Waals surface area (Å²) >= 11 is 0. The van der Waals surface area contributed by atoms with E-state index < -0.39 is 5.60 Å². The van der Waals surface area contributed by atoms with Crippen molar-refractivity contribution in [3.8, 4) is 0 Å². The summed E-state index contributed by atoms with van der Waals surface area (Å²) in [5.41, 5.74) is 0.653. The molecule has 1 atom stereocenters. The Morgan fingerprint density at radius 1 is 1.30 bits per heavy atom. The number of hydrogen-bond donors (Lipinski definition) is 0. The maximum Gasteiger partial charge on any atom is 0.416 e. The highest BCUT2D eigenvalue weighted by Crippen LogP contribution is 2.35. The summed E-state index contributed by atoms with van der Waals surface area (Å²) < 4.78 is 11.1. The molecule has 3 saturated heterocycles. The van der Waals surface area contributed by atoms with Crippen molar-refractivity contribution in [2.75, 3.05) is 38.3 Å². The number of pyridine rings is 1. The van der Waals surface area contributed by atoms with Gasteiger partial charge in [0.05, 0.1) is 31.5 Å². The van der Waals surface area contributed by atoms with Crippen LogP contribution in [-0.2, 0) is 9.47 Å². The molecule has 3 aliphatic heterocycles. The van der Waals surface area contributed by atoms with Gasteiger partial charge in [-0.3, -0.25) is 9.80 Å². The van der Waals surface area contributed by atoms with Crippen LogP contribution in [0.4, 0.5) is 10.6 Å². The van der Waals surface area contributed by atoms with Crippen LogP contribution in [0.2, 0.25) is 0 Å². The Balaban J connectivity index is 1.57. The molecule has 0 aliphatic carbocycles. The van der Waals surface area contributed by atoms with E-state index in [1.54, 1.807) is 4.90 Å². The molecule has 0 bridgehead atoms. The monoisotopic (exact) mass is 317 g/mol. The third kappa shape index (κ3) is 2.70. The van der Waals surface area contributed by atoms with Gasteiger partial charge in [-0.05, 0) is 38.6 Å². The molecule has 3 aliphatic rings. The first-order chi connectivity index (χ1) is 11.2. The summed E-state index contributed by atoms with van der Waals surface area (Å²) in [6.45, 7) is 2.99. The van der Waals surface area contributed by atoms with Crippen molar-refractivity contribution in [3.05, 3.63) is 23.9 Å². The zero-order valence-corrected chi connectivity index (χ0v) is 13.5. The quantitative estimate of drug-likeness (QED) is 0.838. The number of rotatable bonds is 2. The Kier molecular flexibility index (Phi) is 3.73. The number of ether oxygens (including phenoxy) is 2. The van der Waals surface area contributed by atoms with Gasteiger partial charge in [0.1, 0.15) is 11.4 Å². The SMILES string of the molecule is CN1CCCC1c1cccc(N2CC3(CCOCC3)OC2=O)n1. The predicted octanol–water partition coefficient (Wildman–Crippen LogP) is 2.35. The Morgan fingerprint density at radius 3 is 2.87 bits per heavy atom. The van der Waals surface area contributed by atoms with E-state index in [1.807, 2.05) is 12.1 Å². The second kappa shape index (κ2) is 5.76. The van der Waals surface area contributed by atoms with Crippen molar-refractivity contribution in [2.45, 2.75) is 37.3 Å². The Bertz CT molecular complexity index is 601. The van der Waals surface area contributed by atoms with Gasteiger partial charge in [0.15, 0.2) is 0 Å². The number of hydrogen-bond acceptors (Lipinski definition) is 5. The van der Waals surface area contributed by atoms with Gasteiger partial charge < -0.3 is 9.47 Å². The molecule has 6 nitrogen and oxygen atoms in total. The summed E-state index contributed by atoms with van der Waals surface area (Å²) in [5.74, 6) is 0.705. The van der Waals surface area contributed by atoms with Crippen molar-refractivity contribution in [1.29, 1.82) is 0 Å². The first-order valence-electron chi connectivity index (χ1n) is 8.42. The van der Waals surface area contributed by atoms with Gasteiger partial charge in [-0.25, -0.2) is 9.78 Å². The van der Waals surface area contributed by atoms with Crippen LogP contribution in [0.5, 0.6) is 0 Å².